The maximum absolute atomic E-state index is 11.9. The van der Waals surface area contributed by atoms with E-state index in [9.17, 15) is 19.7 Å². The number of benzene rings is 2. The lowest BCUT2D eigenvalue weighted by Crippen LogP contribution is -2.20. The molecular formula is C19H18N2O5. The molecule has 134 valence electrons. The number of aryl methyl sites for hydroxylation is 2. The van der Waals surface area contributed by atoms with Crippen molar-refractivity contribution >= 4 is 29.3 Å². The van der Waals surface area contributed by atoms with Crippen molar-refractivity contribution in [2.75, 3.05) is 11.9 Å². The number of nitrogens with zero attached hydrogens (tertiary/aromatic N) is 1. The van der Waals surface area contributed by atoms with Gasteiger partial charge in [0.25, 0.3) is 11.6 Å². The van der Waals surface area contributed by atoms with E-state index in [1.165, 1.54) is 24.3 Å². The van der Waals surface area contributed by atoms with E-state index in [0.29, 0.717) is 5.69 Å². The Bertz CT molecular complexity index is 874. The van der Waals surface area contributed by atoms with Crippen LogP contribution in [0.25, 0.3) is 6.08 Å². The molecule has 0 aromatic heterocycles. The summed E-state index contributed by atoms with van der Waals surface area (Å²) >= 11 is 0. The zero-order chi connectivity index (χ0) is 19.1. The molecule has 2 aromatic carbocycles. The minimum atomic E-state index is -0.765. The minimum absolute atomic E-state index is 0.121. The van der Waals surface area contributed by atoms with Crippen molar-refractivity contribution in [3.05, 3.63) is 75.3 Å². The van der Waals surface area contributed by atoms with Crippen LogP contribution in [-0.4, -0.2) is 23.4 Å². The summed E-state index contributed by atoms with van der Waals surface area (Å²) < 4.78 is 4.85. The fourth-order valence-electron chi connectivity index (χ4n) is 2.28. The maximum atomic E-state index is 11.9. The van der Waals surface area contributed by atoms with Crippen LogP contribution in [0.5, 0.6) is 0 Å². The summed E-state index contributed by atoms with van der Waals surface area (Å²) in [4.78, 5) is 33.9. The number of amides is 1. The molecule has 1 N–H and O–H groups in total. The molecule has 0 aliphatic heterocycles. The molecule has 1 amide bonds. The molecule has 7 nitrogen and oxygen atoms in total. The van der Waals surface area contributed by atoms with Crippen LogP contribution < -0.4 is 5.32 Å². The van der Waals surface area contributed by atoms with Gasteiger partial charge in [-0.2, -0.15) is 0 Å². The van der Waals surface area contributed by atoms with Crippen LogP contribution in [0.2, 0.25) is 0 Å². The van der Waals surface area contributed by atoms with E-state index < -0.39 is 23.4 Å². The summed E-state index contributed by atoms with van der Waals surface area (Å²) in [6.45, 7) is 3.36. The van der Waals surface area contributed by atoms with Crippen LogP contribution in [0.4, 0.5) is 11.4 Å². The molecule has 0 heterocycles. The van der Waals surface area contributed by atoms with E-state index in [1.54, 1.807) is 12.1 Å². The lowest BCUT2D eigenvalue weighted by atomic mass is 10.1. The predicted molar refractivity (Wildman–Crippen MR) is 97.6 cm³/mol. The smallest absolute Gasteiger partial charge is 0.331 e. The van der Waals surface area contributed by atoms with E-state index in [1.807, 2.05) is 26.0 Å². The van der Waals surface area contributed by atoms with Gasteiger partial charge in [0.15, 0.2) is 6.61 Å². The fourth-order valence-corrected chi connectivity index (χ4v) is 2.28. The van der Waals surface area contributed by atoms with Gasteiger partial charge in [0.1, 0.15) is 0 Å². The molecule has 0 saturated carbocycles. The van der Waals surface area contributed by atoms with Gasteiger partial charge >= 0.3 is 5.97 Å². The molecule has 0 spiro atoms. The largest absolute Gasteiger partial charge is 0.452 e. The fraction of sp³-hybridized carbons (Fsp3) is 0.158. The number of anilines is 1. The summed E-state index contributed by atoms with van der Waals surface area (Å²) in [5.74, 6) is -1.23. The van der Waals surface area contributed by atoms with Crippen molar-refractivity contribution in [3.63, 3.8) is 0 Å². The number of carbonyl (C=O) groups excluding carboxylic acids is 2. The van der Waals surface area contributed by atoms with Gasteiger partial charge < -0.3 is 10.1 Å². The zero-order valence-corrected chi connectivity index (χ0v) is 14.4. The predicted octanol–water partition coefficient (Wildman–Crippen LogP) is 3.41. The lowest BCUT2D eigenvalue weighted by Gasteiger charge is -2.09. The number of nitro groups is 1. The normalized spacial score (nSPS) is 10.5. The third-order valence-electron chi connectivity index (χ3n) is 3.53. The van der Waals surface area contributed by atoms with Gasteiger partial charge in [-0.1, -0.05) is 29.8 Å². The van der Waals surface area contributed by atoms with Crippen molar-refractivity contribution in [3.8, 4) is 0 Å². The number of esters is 1. The quantitative estimate of drug-likeness (QED) is 0.371. The van der Waals surface area contributed by atoms with E-state index in [4.69, 9.17) is 4.74 Å². The molecule has 2 aromatic rings. The number of carbonyl (C=O) groups is 2. The Hall–Kier alpha value is -3.48. The molecule has 0 radical (unpaired) electrons. The Kier molecular flexibility index (Phi) is 6.21. The second-order valence-corrected chi connectivity index (χ2v) is 5.62. The summed E-state index contributed by atoms with van der Waals surface area (Å²) in [7, 11) is 0. The minimum Gasteiger partial charge on any atom is -0.452 e. The highest BCUT2D eigenvalue weighted by atomic mass is 16.6. The Morgan fingerprint density at radius 2 is 1.92 bits per heavy atom. The van der Waals surface area contributed by atoms with Gasteiger partial charge in [0.2, 0.25) is 0 Å². The van der Waals surface area contributed by atoms with Gasteiger partial charge in [-0.05, 0) is 37.6 Å². The molecule has 2 rings (SSSR count). The van der Waals surface area contributed by atoms with Crippen molar-refractivity contribution in [2.45, 2.75) is 13.8 Å². The Morgan fingerprint density at radius 1 is 1.19 bits per heavy atom. The first kappa shape index (κ1) is 18.9. The van der Waals surface area contributed by atoms with E-state index in [-0.39, 0.29) is 11.3 Å². The summed E-state index contributed by atoms with van der Waals surface area (Å²) in [6.07, 6.45) is 2.33. The average molecular weight is 354 g/mol. The first-order chi connectivity index (χ1) is 12.4. The van der Waals surface area contributed by atoms with Crippen molar-refractivity contribution in [1.82, 2.24) is 0 Å². The zero-order valence-electron chi connectivity index (χ0n) is 14.4. The molecular weight excluding hydrogens is 336 g/mol. The van der Waals surface area contributed by atoms with Crippen LogP contribution in [0, 0.1) is 24.0 Å². The van der Waals surface area contributed by atoms with Gasteiger partial charge in [0.05, 0.1) is 10.5 Å². The molecule has 0 fully saturated rings. The number of para-hydroxylation sites is 1. The van der Waals surface area contributed by atoms with Gasteiger partial charge in [-0.25, -0.2) is 4.79 Å². The molecule has 0 unspecified atom stereocenters. The van der Waals surface area contributed by atoms with Crippen LogP contribution in [0.3, 0.4) is 0 Å². The van der Waals surface area contributed by atoms with Crippen molar-refractivity contribution < 1.29 is 19.2 Å². The summed E-state index contributed by atoms with van der Waals surface area (Å²) in [5.41, 5.74) is 2.78. The molecule has 0 aliphatic carbocycles. The number of nitrogens with one attached hydrogen (secondary N) is 1. The van der Waals surface area contributed by atoms with E-state index in [2.05, 4.69) is 5.32 Å². The molecule has 0 atom stereocenters. The lowest BCUT2D eigenvalue weighted by molar-refractivity contribution is -0.385. The van der Waals surface area contributed by atoms with Crippen LogP contribution >= 0.6 is 0 Å². The van der Waals surface area contributed by atoms with E-state index >= 15 is 0 Å². The highest BCUT2D eigenvalue weighted by Gasteiger charge is 2.11. The first-order valence-electron chi connectivity index (χ1n) is 7.82. The second-order valence-electron chi connectivity index (χ2n) is 5.62. The van der Waals surface area contributed by atoms with Crippen molar-refractivity contribution in [1.29, 1.82) is 0 Å². The maximum Gasteiger partial charge on any atom is 0.331 e. The number of nitro benzene ring substituents is 1. The standard InChI is InChI=1S/C19H18N2O5/c1-13-7-9-16(14(2)11-13)20-18(22)12-26-19(23)10-8-15-5-3-4-6-17(15)21(24)25/h3-11H,12H2,1-2H3,(H,20,22). The van der Waals surface area contributed by atoms with Gasteiger partial charge in [0, 0.05) is 17.8 Å². The highest BCUT2D eigenvalue weighted by Crippen LogP contribution is 2.19. The Balaban J connectivity index is 1.90. The molecule has 0 saturated heterocycles. The highest BCUT2D eigenvalue weighted by molar-refractivity contribution is 5.95. The molecule has 26 heavy (non-hydrogen) atoms. The van der Waals surface area contributed by atoms with Crippen LogP contribution in [0.15, 0.2) is 48.5 Å². The number of ether oxygens (including phenoxy) is 1. The second kappa shape index (κ2) is 8.57. The van der Waals surface area contributed by atoms with Crippen molar-refractivity contribution in [2.24, 2.45) is 0 Å². The average Bonchev–Trinajstić information content (AvgIpc) is 2.60. The van der Waals surface area contributed by atoms with Gasteiger partial charge in [-0.3, -0.25) is 14.9 Å². The Morgan fingerprint density at radius 3 is 2.62 bits per heavy atom. The first-order valence-corrected chi connectivity index (χ1v) is 7.82. The SMILES string of the molecule is Cc1ccc(NC(=O)COC(=O)C=Cc2ccccc2[N+](=O)[O-])c(C)c1. The molecule has 0 aliphatic rings. The number of hydrogen-bond donors (Lipinski definition) is 1. The number of rotatable bonds is 6. The summed E-state index contributed by atoms with van der Waals surface area (Å²) in [5, 5.41) is 13.6. The van der Waals surface area contributed by atoms with E-state index in [0.717, 1.165) is 17.2 Å². The topological polar surface area (TPSA) is 98.5 Å². The third-order valence-corrected chi connectivity index (χ3v) is 3.53. The summed E-state index contributed by atoms with van der Waals surface area (Å²) in [6, 6.07) is 11.6. The third kappa shape index (κ3) is 5.27. The van der Waals surface area contributed by atoms with Crippen LogP contribution in [0.1, 0.15) is 16.7 Å². The number of hydrogen-bond acceptors (Lipinski definition) is 5. The Labute approximate surface area is 150 Å². The van der Waals surface area contributed by atoms with Crippen LogP contribution in [-0.2, 0) is 14.3 Å². The monoisotopic (exact) mass is 354 g/mol. The van der Waals surface area contributed by atoms with Gasteiger partial charge in [-0.15, -0.1) is 0 Å². The molecule has 7 heteroatoms. The molecule has 0 bridgehead atoms.